The molecule has 2 rings (SSSR count). The van der Waals surface area contributed by atoms with Crippen molar-refractivity contribution >= 4 is 17.3 Å². The Hall–Kier alpha value is -2.62. The van der Waals surface area contributed by atoms with E-state index in [0.29, 0.717) is 5.69 Å². The van der Waals surface area contributed by atoms with Crippen LogP contribution in [0.2, 0.25) is 0 Å². The molecule has 0 saturated carbocycles. The molecule has 0 atom stereocenters. The first kappa shape index (κ1) is 15.8. The zero-order valence-electron chi connectivity index (χ0n) is 12.2. The molecule has 1 heterocycles. The lowest BCUT2D eigenvalue weighted by molar-refractivity contribution is -0.384. The van der Waals surface area contributed by atoms with Gasteiger partial charge < -0.3 is 9.64 Å². The van der Waals surface area contributed by atoms with Gasteiger partial charge >= 0.3 is 5.97 Å². The van der Waals surface area contributed by atoms with Crippen LogP contribution >= 0.6 is 0 Å². The highest BCUT2D eigenvalue weighted by molar-refractivity contribution is 5.91. The summed E-state index contributed by atoms with van der Waals surface area (Å²) in [5, 5.41) is 19.7. The minimum atomic E-state index is -0.730. The van der Waals surface area contributed by atoms with E-state index in [1.807, 2.05) is 4.90 Å². The number of ether oxygens (including phenoxy) is 1. The van der Waals surface area contributed by atoms with Crippen molar-refractivity contribution in [1.29, 1.82) is 5.26 Å². The molecule has 1 aliphatic heterocycles. The molecule has 1 aromatic carbocycles. The summed E-state index contributed by atoms with van der Waals surface area (Å²) in [5.41, 5.74) is 0.512. The number of nitro benzene ring substituents is 1. The molecule has 7 nitrogen and oxygen atoms in total. The summed E-state index contributed by atoms with van der Waals surface area (Å²) >= 11 is 0. The van der Waals surface area contributed by atoms with Gasteiger partial charge in [0.2, 0.25) is 0 Å². The molecule has 0 N–H and O–H groups in total. The van der Waals surface area contributed by atoms with Gasteiger partial charge in [0.15, 0.2) is 6.61 Å². The van der Waals surface area contributed by atoms with Gasteiger partial charge in [0.25, 0.3) is 5.69 Å². The number of nitro groups is 1. The Labute approximate surface area is 128 Å². The first-order valence-electron chi connectivity index (χ1n) is 7.21. The molecule has 7 heteroatoms. The average molecular weight is 303 g/mol. The summed E-state index contributed by atoms with van der Waals surface area (Å²) in [7, 11) is 0. The van der Waals surface area contributed by atoms with Gasteiger partial charge in [-0.3, -0.25) is 10.1 Å². The van der Waals surface area contributed by atoms with Gasteiger partial charge in [-0.2, -0.15) is 5.26 Å². The van der Waals surface area contributed by atoms with Crippen molar-refractivity contribution in [3.05, 3.63) is 33.9 Å². The first-order valence-corrected chi connectivity index (χ1v) is 7.21. The molecule has 1 aromatic rings. The van der Waals surface area contributed by atoms with Crippen molar-refractivity contribution in [2.24, 2.45) is 0 Å². The number of carbonyl (C=O) groups excluding carboxylic acids is 1. The third kappa shape index (κ3) is 3.73. The second kappa shape index (κ2) is 7.41. The van der Waals surface area contributed by atoms with E-state index in [1.54, 1.807) is 12.1 Å². The van der Waals surface area contributed by atoms with Crippen LogP contribution < -0.4 is 4.90 Å². The fraction of sp³-hybridized carbons (Fsp3) is 0.467. The van der Waals surface area contributed by atoms with Crippen molar-refractivity contribution in [3.8, 4) is 6.07 Å². The topological polar surface area (TPSA) is 96.5 Å². The number of carbonyl (C=O) groups is 1. The van der Waals surface area contributed by atoms with Gasteiger partial charge in [0, 0.05) is 19.2 Å². The highest BCUT2D eigenvalue weighted by atomic mass is 16.6. The Balaban J connectivity index is 2.29. The van der Waals surface area contributed by atoms with E-state index in [1.165, 1.54) is 12.1 Å². The van der Waals surface area contributed by atoms with Crippen LogP contribution in [0.25, 0.3) is 0 Å². The lowest BCUT2D eigenvalue weighted by atomic mass is 10.1. The normalized spacial score (nSPS) is 14.8. The summed E-state index contributed by atoms with van der Waals surface area (Å²) in [6, 6.07) is 6.01. The molecule has 0 aromatic heterocycles. The van der Waals surface area contributed by atoms with Gasteiger partial charge in [-0.25, -0.2) is 4.79 Å². The van der Waals surface area contributed by atoms with Crippen LogP contribution in [0.3, 0.4) is 0 Å². The van der Waals surface area contributed by atoms with Crippen LogP contribution in [-0.4, -0.2) is 30.6 Å². The lowest BCUT2D eigenvalue weighted by Crippen LogP contribution is -2.24. The smallest absolute Gasteiger partial charge is 0.339 e. The molecule has 0 radical (unpaired) electrons. The number of esters is 1. The fourth-order valence-corrected chi connectivity index (χ4v) is 2.56. The number of anilines is 1. The number of benzene rings is 1. The van der Waals surface area contributed by atoms with E-state index >= 15 is 0 Å². The predicted octanol–water partition coefficient (Wildman–Crippen LogP) is 2.66. The number of nitriles is 1. The number of nitrogens with zero attached hydrogens (tertiary/aromatic N) is 3. The van der Waals surface area contributed by atoms with Gasteiger partial charge in [-0.15, -0.1) is 0 Å². The maximum Gasteiger partial charge on any atom is 0.339 e. The van der Waals surface area contributed by atoms with Crippen molar-refractivity contribution < 1.29 is 14.5 Å². The van der Waals surface area contributed by atoms with Crippen LogP contribution in [0.15, 0.2) is 18.2 Å². The van der Waals surface area contributed by atoms with Crippen LogP contribution in [-0.2, 0) is 4.74 Å². The van der Waals surface area contributed by atoms with Gasteiger partial charge in [0.05, 0.1) is 10.5 Å². The summed E-state index contributed by atoms with van der Waals surface area (Å²) in [6.45, 7) is 1.18. The van der Waals surface area contributed by atoms with E-state index in [9.17, 15) is 14.9 Å². The van der Waals surface area contributed by atoms with Crippen molar-refractivity contribution in [2.75, 3.05) is 24.6 Å². The quantitative estimate of drug-likeness (QED) is 0.482. The second-order valence-electron chi connectivity index (χ2n) is 5.10. The molecular weight excluding hydrogens is 286 g/mol. The highest BCUT2D eigenvalue weighted by Crippen LogP contribution is 2.31. The number of rotatable bonds is 4. The zero-order valence-corrected chi connectivity index (χ0v) is 12.2. The average Bonchev–Trinajstić information content (AvgIpc) is 2.81. The Bertz CT molecular complexity index is 601. The molecule has 22 heavy (non-hydrogen) atoms. The van der Waals surface area contributed by atoms with Crippen LogP contribution in [0.1, 0.15) is 36.0 Å². The molecule has 1 fully saturated rings. The number of hydrogen-bond acceptors (Lipinski definition) is 6. The van der Waals surface area contributed by atoms with Crippen LogP contribution in [0, 0.1) is 21.4 Å². The van der Waals surface area contributed by atoms with Crippen molar-refractivity contribution in [1.82, 2.24) is 0 Å². The van der Waals surface area contributed by atoms with E-state index < -0.39 is 10.9 Å². The zero-order chi connectivity index (χ0) is 15.9. The summed E-state index contributed by atoms with van der Waals surface area (Å²) in [4.78, 5) is 24.5. The lowest BCUT2D eigenvalue weighted by Gasteiger charge is -2.22. The highest BCUT2D eigenvalue weighted by Gasteiger charge is 2.23. The number of hydrogen-bond donors (Lipinski definition) is 0. The molecule has 0 aliphatic carbocycles. The van der Waals surface area contributed by atoms with Crippen molar-refractivity contribution in [2.45, 2.75) is 25.7 Å². The minimum absolute atomic E-state index is 0.0838. The standard InChI is InChI=1S/C15H17N3O4/c16-7-10-22-15(19)12-5-6-13(14(11-12)18(20)21)17-8-3-1-2-4-9-17/h5-6,11H,1-4,8-10H2. The molecule has 0 spiro atoms. The Kier molecular flexibility index (Phi) is 5.31. The SMILES string of the molecule is N#CCOC(=O)c1ccc(N2CCCCCC2)c([N+](=O)[O-])c1. The van der Waals surface area contributed by atoms with Gasteiger partial charge in [-0.1, -0.05) is 12.8 Å². The van der Waals surface area contributed by atoms with Gasteiger partial charge in [0.1, 0.15) is 11.8 Å². The maximum absolute atomic E-state index is 11.7. The molecule has 1 saturated heterocycles. The van der Waals surface area contributed by atoms with Gasteiger partial charge in [-0.05, 0) is 25.0 Å². The predicted molar refractivity (Wildman–Crippen MR) is 79.7 cm³/mol. The Morgan fingerprint density at radius 1 is 1.32 bits per heavy atom. The van der Waals surface area contributed by atoms with E-state index in [4.69, 9.17) is 5.26 Å². The third-order valence-electron chi connectivity index (χ3n) is 3.62. The monoisotopic (exact) mass is 303 g/mol. The fourth-order valence-electron chi connectivity index (χ4n) is 2.56. The largest absolute Gasteiger partial charge is 0.447 e. The van der Waals surface area contributed by atoms with Crippen LogP contribution in [0.5, 0.6) is 0 Å². The Morgan fingerprint density at radius 3 is 2.59 bits per heavy atom. The van der Waals surface area contributed by atoms with Crippen LogP contribution in [0.4, 0.5) is 11.4 Å². The van der Waals surface area contributed by atoms with E-state index in [0.717, 1.165) is 38.8 Å². The minimum Gasteiger partial charge on any atom is -0.447 e. The summed E-state index contributed by atoms with van der Waals surface area (Å²) in [5.74, 6) is -0.730. The molecule has 0 bridgehead atoms. The van der Waals surface area contributed by atoms with E-state index in [-0.39, 0.29) is 17.9 Å². The summed E-state index contributed by atoms with van der Waals surface area (Å²) in [6.07, 6.45) is 4.26. The molecule has 0 unspecified atom stereocenters. The molecule has 0 amide bonds. The van der Waals surface area contributed by atoms with E-state index in [2.05, 4.69) is 4.74 Å². The molecular formula is C15H17N3O4. The molecule has 1 aliphatic rings. The molecule has 116 valence electrons. The second-order valence-corrected chi connectivity index (χ2v) is 5.10. The maximum atomic E-state index is 11.7. The summed E-state index contributed by atoms with van der Waals surface area (Å²) < 4.78 is 4.68. The Morgan fingerprint density at radius 2 is 2.00 bits per heavy atom. The van der Waals surface area contributed by atoms with Crippen molar-refractivity contribution in [3.63, 3.8) is 0 Å². The first-order chi connectivity index (χ1) is 10.6. The third-order valence-corrected chi connectivity index (χ3v) is 3.62.